The maximum atomic E-state index is 11.0. The lowest BCUT2D eigenvalue weighted by atomic mass is 9.72. The topological polar surface area (TPSA) is 23.5 Å². The van der Waals surface area contributed by atoms with E-state index in [4.69, 9.17) is 0 Å². The second-order valence-corrected chi connectivity index (χ2v) is 6.70. The SMILES string of the molecule is Cl.OC1(C2CCCCC2)CCN(Cc2ccccc2)CC1. The van der Waals surface area contributed by atoms with Crippen LogP contribution in [0.3, 0.4) is 0 Å². The fraction of sp³-hybridized carbons (Fsp3) is 0.667. The molecule has 1 saturated carbocycles. The number of rotatable bonds is 3. The van der Waals surface area contributed by atoms with Crippen molar-refractivity contribution in [3.63, 3.8) is 0 Å². The van der Waals surface area contributed by atoms with Gasteiger partial charge in [-0.05, 0) is 37.2 Å². The van der Waals surface area contributed by atoms with Crippen molar-refractivity contribution in [2.75, 3.05) is 13.1 Å². The van der Waals surface area contributed by atoms with Crippen LogP contribution in [0.25, 0.3) is 0 Å². The van der Waals surface area contributed by atoms with E-state index in [-0.39, 0.29) is 18.0 Å². The van der Waals surface area contributed by atoms with Gasteiger partial charge in [0.25, 0.3) is 0 Å². The van der Waals surface area contributed by atoms with Crippen LogP contribution in [0.2, 0.25) is 0 Å². The van der Waals surface area contributed by atoms with Crippen LogP contribution in [0.4, 0.5) is 0 Å². The van der Waals surface area contributed by atoms with Gasteiger partial charge in [0.05, 0.1) is 5.60 Å². The molecule has 118 valence electrons. The van der Waals surface area contributed by atoms with Gasteiger partial charge < -0.3 is 5.11 Å². The zero-order valence-corrected chi connectivity index (χ0v) is 13.7. The highest BCUT2D eigenvalue weighted by atomic mass is 35.5. The maximum Gasteiger partial charge on any atom is 0.0700 e. The molecule has 21 heavy (non-hydrogen) atoms. The molecule has 1 saturated heterocycles. The van der Waals surface area contributed by atoms with E-state index in [1.54, 1.807) is 0 Å². The summed E-state index contributed by atoms with van der Waals surface area (Å²) in [6.45, 7) is 3.12. The van der Waals surface area contributed by atoms with Crippen molar-refractivity contribution in [3.05, 3.63) is 35.9 Å². The van der Waals surface area contributed by atoms with E-state index in [0.29, 0.717) is 5.92 Å². The van der Waals surface area contributed by atoms with Gasteiger partial charge in [-0.3, -0.25) is 4.90 Å². The summed E-state index contributed by atoms with van der Waals surface area (Å²) in [6, 6.07) is 10.7. The number of hydrogen-bond acceptors (Lipinski definition) is 2. The molecule has 1 aliphatic heterocycles. The summed E-state index contributed by atoms with van der Waals surface area (Å²) in [4.78, 5) is 2.49. The molecule has 0 atom stereocenters. The van der Waals surface area contributed by atoms with Crippen molar-refractivity contribution in [1.29, 1.82) is 0 Å². The lowest BCUT2D eigenvalue weighted by Gasteiger charge is -2.44. The molecule has 0 unspecified atom stereocenters. The van der Waals surface area contributed by atoms with E-state index < -0.39 is 0 Å². The molecule has 3 heteroatoms. The number of piperidine rings is 1. The standard InChI is InChI=1S/C18H27NO.ClH/c20-18(17-9-5-2-6-10-17)11-13-19(14-12-18)15-16-7-3-1-4-8-16;/h1,3-4,7-8,17,20H,2,5-6,9-15H2;1H. The molecule has 1 heterocycles. The number of benzene rings is 1. The largest absolute Gasteiger partial charge is 0.390 e. The van der Waals surface area contributed by atoms with Gasteiger partial charge in [-0.15, -0.1) is 12.4 Å². The first-order valence-electron chi connectivity index (χ1n) is 8.25. The minimum Gasteiger partial charge on any atom is -0.390 e. The van der Waals surface area contributed by atoms with Crippen LogP contribution < -0.4 is 0 Å². The van der Waals surface area contributed by atoms with Gasteiger partial charge in [-0.2, -0.15) is 0 Å². The molecule has 2 fully saturated rings. The second kappa shape index (κ2) is 7.62. The first-order chi connectivity index (χ1) is 9.76. The summed E-state index contributed by atoms with van der Waals surface area (Å²) in [6.07, 6.45) is 8.42. The van der Waals surface area contributed by atoms with E-state index >= 15 is 0 Å². The Kier molecular flexibility index (Phi) is 6.09. The Morgan fingerprint density at radius 2 is 1.62 bits per heavy atom. The first-order valence-corrected chi connectivity index (χ1v) is 8.25. The average molecular weight is 310 g/mol. The van der Waals surface area contributed by atoms with Crippen molar-refractivity contribution in [2.24, 2.45) is 5.92 Å². The summed E-state index contributed by atoms with van der Waals surface area (Å²) >= 11 is 0. The van der Waals surface area contributed by atoms with Crippen molar-refractivity contribution < 1.29 is 5.11 Å². The van der Waals surface area contributed by atoms with Crippen LogP contribution >= 0.6 is 12.4 Å². The number of likely N-dealkylation sites (tertiary alicyclic amines) is 1. The van der Waals surface area contributed by atoms with E-state index in [9.17, 15) is 5.11 Å². The first kappa shape index (κ1) is 16.8. The minimum absolute atomic E-state index is 0. The highest BCUT2D eigenvalue weighted by Gasteiger charge is 2.39. The van der Waals surface area contributed by atoms with Crippen LogP contribution in [-0.4, -0.2) is 28.7 Å². The summed E-state index contributed by atoms with van der Waals surface area (Å²) in [5.41, 5.74) is 1.02. The van der Waals surface area contributed by atoms with Gasteiger partial charge in [0.2, 0.25) is 0 Å². The molecule has 2 nitrogen and oxygen atoms in total. The summed E-state index contributed by atoms with van der Waals surface area (Å²) in [5, 5.41) is 11.0. The Hall–Kier alpha value is -0.570. The van der Waals surface area contributed by atoms with Crippen molar-refractivity contribution in [2.45, 2.75) is 57.1 Å². The van der Waals surface area contributed by atoms with Crippen LogP contribution in [0.5, 0.6) is 0 Å². The van der Waals surface area contributed by atoms with Gasteiger partial charge in [0.1, 0.15) is 0 Å². The van der Waals surface area contributed by atoms with Gasteiger partial charge in [0, 0.05) is 19.6 Å². The number of hydrogen-bond donors (Lipinski definition) is 1. The fourth-order valence-electron chi connectivity index (χ4n) is 3.99. The third-order valence-electron chi connectivity index (χ3n) is 5.34. The molecular formula is C18H28ClNO. The second-order valence-electron chi connectivity index (χ2n) is 6.70. The Labute approximate surface area is 135 Å². The predicted octanol–water partition coefficient (Wildman–Crippen LogP) is 4.02. The van der Waals surface area contributed by atoms with Crippen LogP contribution in [0.1, 0.15) is 50.5 Å². The molecule has 1 aromatic carbocycles. The molecule has 2 aliphatic rings. The maximum absolute atomic E-state index is 11.0. The normalized spacial score (nSPS) is 23.5. The van der Waals surface area contributed by atoms with E-state index in [1.165, 1.54) is 37.7 Å². The molecule has 0 amide bonds. The quantitative estimate of drug-likeness (QED) is 0.911. The third kappa shape index (κ3) is 4.21. The molecule has 0 spiro atoms. The molecule has 0 aromatic heterocycles. The average Bonchev–Trinajstić information content (AvgIpc) is 2.52. The summed E-state index contributed by atoms with van der Waals surface area (Å²) in [7, 11) is 0. The van der Waals surface area contributed by atoms with E-state index in [0.717, 1.165) is 32.5 Å². The lowest BCUT2D eigenvalue weighted by Crippen LogP contribution is -2.49. The van der Waals surface area contributed by atoms with Gasteiger partial charge in [0.15, 0.2) is 0 Å². The van der Waals surface area contributed by atoms with Crippen molar-refractivity contribution >= 4 is 12.4 Å². The highest BCUT2D eigenvalue weighted by Crippen LogP contribution is 2.39. The zero-order chi connectivity index (χ0) is 13.8. The van der Waals surface area contributed by atoms with Gasteiger partial charge >= 0.3 is 0 Å². The monoisotopic (exact) mass is 309 g/mol. The Morgan fingerprint density at radius 1 is 1.00 bits per heavy atom. The number of halogens is 1. The third-order valence-corrected chi connectivity index (χ3v) is 5.34. The highest BCUT2D eigenvalue weighted by molar-refractivity contribution is 5.85. The smallest absolute Gasteiger partial charge is 0.0700 e. The number of nitrogens with zero attached hydrogens (tertiary/aromatic N) is 1. The number of aliphatic hydroxyl groups is 1. The van der Waals surface area contributed by atoms with Gasteiger partial charge in [-0.25, -0.2) is 0 Å². The predicted molar refractivity (Wildman–Crippen MR) is 89.7 cm³/mol. The van der Waals surface area contributed by atoms with Crippen LogP contribution in [0, 0.1) is 5.92 Å². The van der Waals surface area contributed by atoms with Crippen molar-refractivity contribution in [1.82, 2.24) is 4.90 Å². The van der Waals surface area contributed by atoms with Gasteiger partial charge in [-0.1, -0.05) is 49.6 Å². The van der Waals surface area contributed by atoms with E-state index in [2.05, 4.69) is 35.2 Å². The molecule has 0 bridgehead atoms. The Bertz CT molecular complexity index is 408. The van der Waals surface area contributed by atoms with Crippen molar-refractivity contribution in [3.8, 4) is 0 Å². The molecule has 3 rings (SSSR count). The Morgan fingerprint density at radius 3 is 2.24 bits per heavy atom. The summed E-state index contributed by atoms with van der Waals surface area (Å²) < 4.78 is 0. The molecule has 1 aromatic rings. The molecular weight excluding hydrogens is 282 g/mol. The van der Waals surface area contributed by atoms with Crippen LogP contribution in [-0.2, 0) is 6.54 Å². The molecule has 1 aliphatic carbocycles. The fourth-order valence-corrected chi connectivity index (χ4v) is 3.99. The zero-order valence-electron chi connectivity index (χ0n) is 12.8. The van der Waals surface area contributed by atoms with E-state index in [1.807, 2.05) is 0 Å². The lowest BCUT2D eigenvalue weighted by molar-refractivity contribution is -0.0785. The molecule has 0 radical (unpaired) electrons. The summed E-state index contributed by atoms with van der Waals surface area (Å²) in [5.74, 6) is 0.565. The minimum atomic E-state index is -0.367. The van der Waals surface area contributed by atoms with Crippen LogP contribution in [0.15, 0.2) is 30.3 Å². The molecule has 1 N–H and O–H groups in total. The Balaban J connectivity index is 0.00000161.